The summed E-state index contributed by atoms with van der Waals surface area (Å²) in [5.41, 5.74) is 2.84. The largest absolute Gasteiger partial charge is 0.314 e. The molecule has 0 bridgehead atoms. The van der Waals surface area contributed by atoms with Gasteiger partial charge in [0.2, 0.25) is 0 Å². The molecule has 0 unspecified atom stereocenters. The van der Waals surface area contributed by atoms with Crippen molar-refractivity contribution in [3.63, 3.8) is 0 Å². The van der Waals surface area contributed by atoms with E-state index < -0.39 is 0 Å². The van der Waals surface area contributed by atoms with Crippen LogP contribution < -0.4 is 5.32 Å². The highest BCUT2D eigenvalue weighted by molar-refractivity contribution is 5.12. The van der Waals surface area contributed by atoms with E-state index in [4.69, 9.17) is 0 Å². The van der Waals surface area contributed by atoms with Crippen LogP contribution in [0.1, 0.15) is 38.3 Å². The molecule has 0 spiro atoms. The summed E-state index contributed by atoms with van der Waals surface area (Å²) in [5, 5.41) is 7.98. The number of likely N-dealkylation sites (N-methyl/N-ethyl adjacent to an activating group) is 1. The van der Waals surface area contributed by atoms with Crippen LogP contribution >= 0.6 is 0 Å². The van der Waals surface area contributed by atoms with E-state index in [-0.39, 0.29) is 0 Å². The van der Waals surface area contributed by atoms with E-state index in [0.717, 1.165) is 19.0 Å². The molecule has 4 nitrogen and oxygen atoms in total. The van der Waals surface area contributed by atoms with E-state index in [1.807, 2.05) is 17.9 Å². The van der Waals surface area contributed by atoms with Crippen LogP contribution in [0, 0.1) is 11.8 Å². The maximum Gasteiger partial charge on any atom is 0.0538 e. The van der Waals surface area contributed by atoms with Gasteiger partial charge in [-0.25, -0.2) is 0 Å². The number of nitrogens with one attached hydrogen (secondary N) is 1. The van der Waals surface area contributed by atoms with E-state index in [1.54, 1.807) is 5.57 Å². The Bertz CT molecular complexity index is 475. The standard InChI is InChI=1S/C17H30N4/c1-13-7-6-8-14(2)16(13)10-18-11-17(20(3)4)15-9-19-21(5)12-15/h7,9,12,14,16-18H,6,8,10-11H2,1-5H3/t14-,16-,17-/m0/s1. The fraction of sp³-hybridized carbons (Fsp3) is 0.706. The number of rotatable bonds is 6. The minimum absolute atomic E-state index is 0.377. The Labute approximate surface area is 129 Å². The molecular weight excluding hydrogens is 260 g/mol. The lowest BCUT2D eigenvalue weighted by Crippen LogP contribution is -2.36. The average molecular weight is 290 g/mol. The van der Waals surface area contributed by atoms with Gasteiger partial charge < -0.3 is 10.2 Å². The van der Waals surface area contributed by atoms with Gasteiger partial charge in [0, 0.05) is 37.9 Å². The van der Waals surface area contributed by atoms with Crippen molar-refractivity contribution in [2.75, 3.05) is 27.2 Å². The van der Waals surface area contributed by atoms with Gasteiger partial charge in [0.15, 0.2) is 0 Å². The zero-order valence-corrected chi connectivity index (χ0v) is 14.1. The Kier molecular flexibility index (Phi) is 5.59. The van der Waals surface area contributed by atoms with Crippen LogP contribution in [0.25, 0.3) is 0 Å². The molecule has 3 atom stereocenters. The molecule has 118 valence electrons. The van der Waals surface area contributed by atoms with Crippen molar-refractivity contribution in [2.45, 2.75) is 32.7 Å². The first-order chi connectivity index (χ1) is 9.99. The fourth-order valence-electron chi connectivity index (χ4n) is 3.32. The second kappa shape index (κ2) is 7.23. The molecule has 1 aliphatic rings. The summed E-state index contributed by atoms with van der Waals surface area (Å²) in [4.78, 5) is 2.26. The number of aryl methyl sites for hydroxylation is 1. The number of hydrogen-bond donors (Lipinski definition) is 1. The molecule has 21 heavy (non-hydrogen) atoms. The van der Waals surface area contributed by atoms with Crippen molar-refractivity contribution in [3.8, 4) is 0 Å². The van der Waals surface area contributed by atoms with Gasteiger partial charge in [-0.2, -0.15) is 5.10 Å². The van der Waals surface area contributed by atoms with Gasteiger partial charge in [0.25, 0.3) is 0 Å². The highest BCUT2D eigenvalue weighted by Crippen LogP contribution is 2.29. The van der Waals surface area contributed by atoms with Gasteiger partial charge in [-0.05, 0) is 45.7 Å². The monoisotopic (exact) mass is 290 g/mol. The quantitative estimate of drug-likeness (QED) is 0.818. The molecule has 1 heterocycles. The lowest BCUT2D eigenvalue weighted by atomic mass is 9.80. The van der Waals surface area contributed by atoms with E-state index in [2.05, 4.69) is 55.5 Å². The maximum atomic E-state index is 4.30. The van der Waals surface area contributed by atoms with Crippen molar-refractivity contribution in [1.82, 2.24) is 20.0 Å². The first-order valence-electron chi connectivity index (χ1n) is 8.01. The lowest BCUT2D eigenvalue weighted by molar-refractivity contribution is 0.274. The maximum absolute atomic E-state index is 4.30. The molecule has 1 aromatic heterocycles. The molecule has 2 rings (SSSR count). The third-order valence-corrected chi connectivity index (χ3v) is 4.79. The molecule has 1 N–H and O–H groups in total. The fourth-order valence-corrected chi connectivity index (χ4v) is 3.32. The number of allylic oxidation sites excluding steroid dienone is 1. The molecular formula is C17H30N4. The van der Waals surface area contributed by atoms with Gasteiger partial charge in [-0.15, -0.1) is 0 Å². The second-order valence-electron chi connectivity index (χ2n) is 6.69. The molecule has 0 saturated carbocycles. The Morgan fingerprint density at radius 2 is 2.24 bits per heavy atom. The highest BCUT2D eigenvalue weighted by atomic mass is 15.2. The van der Waals surface area contributed by atoms with Crippen molar-refractivity contribution in [1.29, 1.82) is 0 Å². The molecule has 0 saturated heterocycles. The van der Waals surface area contributed by atoms with Crippen LogP contribution in [0.15, 0.2) is 24.0 Å². The number of aromatic nitrogens is 2. The summed E-state index contributed by atoms with van der Waals surface area (Å²) in [7, 11) is 6.24. The predicted molar refractivity (Wildman–Crippen MR) is 88.2 cm³/mol. The molecule has 0 fully saturated rings. The van der Waals surface area contributed by atoms with Gasteiger partial charge in [0.1, 0.15) is 0 Å². The van der Waals surface area contributed by atoms with Crippen LogP contribution in [0.5, 0.6) is 0 Å². The summed E-state index contributed by atoms with van der Waals surface area (Å²) < 4.78 is 1.88. The van der Waals surface area contributed by atoms with Gasteiger partial charge in [-0.1, -0.05) is 18.6 Å². The SMILES string of the molecule is CC1=CCC[C@H](C)[C@H]1CNC[C@@H](c1cnn(C)c1)N(C)C. The van der Waals surface area contributed by atoms with Crippen molar-refractivity contribution >= 4 is 0 Å². The lowest BCUT2D eigenvalue weighted by Gasteiger charge is -2.30. The minimum Gasteiger partial charge on any atom is -0.314 e. The first-order valence-corrected chi connectivity index (χ1v) is 8.01. The highest BCUT2D eigenvalue weighted by Gasteiger charge is 2.22. The summed E-state index contributed by atoms with van der Waals surface area (Å²) in [5.74, 6) is 1.48. The first kappa shape index (κ1) is 16.2. The van der Waals surface area contributed by atoms with E-state index >= 15 is 0 Å². The van der Waals surface area contributed by atoms with Crippen LogP contribution in [0.4, 0.5) is 0 Å². The molecule has 0 amide bonds. The predicted octanol–water partition coefficient (Wildman–Crippen LogP) is 2.60. The van der Waals surface area contributed by atoms with Gasteiger partial charge in [0.05, 0.1) is 6.20 Å². The average Bonchev–Trinajstić information content (AvgIpc) is 2.83. The van der Waals surface area contributed by atoms with Crippen LogP contribution in [-0.2, 0) is 7.05 Å². The molecule has 1 aromatic rings. The topological polar surface area (TPSA) is 33.1 Å². The van der Waals surface area contributed by atoms with E-state index in [1.165, 1.54) is 18.4 Å². The molecule has 0 aliphatic heterocycles. The summed E-state index contributed by atoms with van der Waals surface area (Å²) in [6, 6.07) is 0.377. The summed E-state index contributed by atoms with van der Waals surface area (Å²) >= 11 is 0. The van der Waals surface area contributed by atoms with Crippen LogP contribution in [0.3, 0.4) is 0 Å². The zero-order valence-electron chi connectivity index (χ0n) is 14.1. The summed E-state index contributed by atoms with van der Waals surface area (Å²) in [6.45, 7) is 6.71. The van der Waals surface area contributed by atoms with Crippen LogP contribution in [0.2, 0.25) is 0 Å². The third kappa shape index (κ3) is 4.17. The molecule has 1 aliphatic carbocycles. The van der Waals surface area contributed by atoms with Crippen molar-refractivity contribution < 1.29 is 0 Å². The Hall–Kier alpha value is -1.13. The third-order valence-electron chi connectivity index (χ3n) is 4.79. The smallest absolute Gasteiger partial charge is 0.0538 e. The van der Waals surface area contributed by atoms with Crippen molar-refractivity contribution in [2.24, 2.45) is 18.9 Å². The van der Waals surface area contributed by atoms with Crippen molar-refractivity contribution in [3.05, 3.63) is 29.6 Å². The Morgan fingerprint density at radius 1 is 1.48 bits per heavy atom. The number of nitrogens with zero attached hydrogens (tertiary/aromatic N) is 3. The molecule has 0 radical (unpaired) electrons. The van der Waals surface area contributed by atoms with Gasteiger partial charge in [-0.3, -0.25) is 4.68 Å². The second-order valence-corrected chi connectivity index (χ2v) is 6.69. The van der Waals surface area contributed by atoms with E-state index in [0.29, 0.717) is 12.0 Å². The Balaban J connectivity index is 1.91. The minimum atomic E-state index is 0.377. The van der Waals surface area contributed by atoms with E-state index in [9.17, 15) is 0 Å². The Morgan fingerprint density at radius 3 is 2.81 bits per heavy atom. The molecule has 0 aromatic carbocycles. The van der Waals surface area contributed by atoms with Gasteiger partial charge >= 0.3 is 0 Å². The molecule has 4 heteroatoms. The van der Waals surface area contributed by atoms with Crippen LogP contribution in [-0.4, -0.2) is 41.9 Å². The normalized spacial score (nSPS) is 24.2. The summed E-state index contributed by atoms with van der Waals surface area (Å²) in [6.07, 6.45) is 9.07. The zero-order chi connectivity index (χ0) is 15.4. The number of hydrogen-bond acceptors (Lipinski definition) is 3.